The number of anilines is 1. The zero-order chi connectivity index (χ0) is 12.5. The molecule has 0 aliphatic carbocycles. The largest absolute Gasteiger partial charge is 0.279 e. The smallest absolute Gasteiger partial charge is 0.278 e. The molecule has 0 amide bonds. The van der Waals surface area contributed by atoms with Gasteiger partial charge in [-0.25, -0.2) is 0 Å². The number of nitrogens with one attached hydrogen (secondary N) is 1. The predicted molar refractivity (Wildman–Crippen MR) is 73.2 cm³/mol. The van der Waals surface area contributed by atoms with E-state index in [0.29, 0.717) is 5.69 Å². The molecule has 17 heavy (non-hydrogen) atoms. The zero-order valence-electron chi connectivity index (χ0n) is 8.96. The molecule has 7 heteroatoms. The van der Waals surface area contributed by atoms with E-state index in [2.05, 4.69) is 32.4 Å². The summed E-state index contributed by atoms with van der Waals surface area (Å²) in [5, 5.41) is 3.97. The highest BCUT2D eigenvalue weighted by atomic mass is 127. The van der Waals surface area contributed by atoms with Crippen LogP contribution in [0.3, 0.4) is 0 Å². The Bertz CT molecular complexity index is 637. The second kappa shape index (κ2) is 4.65. The average Bonchev–Trinajstić information content (AvgIpc) is 2.64. The molecule has 0 bridgehead atoms. The van der Waals surface area contributed by atoms with Crippen molar-refractivity contribution in [1.29, 1.82) is 0 Å². The van der Waals surface area contributed by atoms with E-state index in [-0.39, 0.29) is 5.03 Å². The van der Waals surface area contributed by atoms with Crippen molar-refractivity contribution < 1.29 is 8.42 Å². The molecule has 0 atom stereocenters. The number of hydrogen-bond acceptors (Lipinski definition) is 3. The van der Waals surface area contributed by atoms with Crippen LogP contribution in [0.25, 0.3) is 0 Å². The molecule has 0 spiro atoms. The Hall–Kier alpha value is -1.09. The van der Waals surface area contributed by atoms with Crippen LogP contribution in [0.5, 0.6) is 0 Å². The van der Waals surface area contributed by atoms with Crippen molar-refractivity contribution in [3.8, 4) is 0 Å². The molecule has 2 aromatic rings. The van der Waals surface area contributed by atoms with Crippen molar-refractivity contribution in [2.45, 2.75) is 5.03 Å². The van der Waals surface area contributed by atoms with E-state index in [1.54, 1.807) is 25.2 Å². The Morgan fingerprint density at radius 1 is 1.35 bits per heavy atom. The van der Waals surface area contributed by atoms with Crippen LogP contribution in [-0.4, -0.2) is 18.2 Å². The maximum absolute atomic E-state index is 12.0. The van der Waals surface area contributed by atoms with Crippen LogP contribution < -0.4 is 4.72 Å². The molecular formula is C10H10IN3O2S. The minimum atomic E-state index is -3.57. The third-order valence-electron chi connectivity index (χ3n) is 2.13. The maximum atomic E-state index is 12.0. The number of rotatable bonds is 3. The highest BCUT2D eigenvalue weighted by molar-refractivity contribution is 14.1. The van der Waals surface area contributed by atoms with Gasteiger partial charge in [0.05, 0.1) is 6.20 Å². The number of nitrogens with zero attached hydrogens (tertiary/aromatic N) is 2. The summed E-state index contributed by atoms with van der Waals surface area (Å²) in [4.78, 5) is 0. The Balaban J connectivity index is 2.33. The molecule has 2 rings (SSSR count). The first-order valence-corrected chi connectivity index (χ1v) is 7.31. The molecule has 0 fully saturated rings. The van der Waals surface area contributed by atoms with Crippen LogP contribution in [0.4, 0.5) is 5.69 Å². The summed E-state index contributed by atoms with van der Waals surface area (Å²) in [5.41, 5.74) is 0.540. The topological polar surface area (TPSA) is 64.0 Å². The second-order valence-corrected chi connectivity index (χ2v) is 6.28. The highest BCUT2D eigenvalue weighted by Gasteiger charge is 2.17. The van der Waals surface area contributed by atoms with Crippen molar-refractivity contribution in [2.75, 3.05) is 4.72 Å². The van der Waals surface area contributed by atoms with Gasteiger partial charge in [0.25, 0.3) is 10.0 Å². The summed E-state index contributed by atoms with van der Waals surface area (Å²) >= 11 is 2.12. The zero-order valence-corrected chi connectivity index (χ0v) is 11.9. The van der Waals surface area contributed by atoms with Gasteiger partial charge >= 0.3 is 0 Å². The van der Waals surface area contributed by atoms with Gasteiger partial charge in [0.2, 0.25) is 0 Å². The molecule has 90 valence electrons. The van der Waals surface area contributed by atoms with E-state index in [4.69, 9.17) is 0 Å². The molecule has 0 saturated carbocycles. The quantitative estimate of drug-likeness (QED) is 0.847. The fraction of sp³-hybridized carbons (Fsp3) is 0.100. The molecule has 0 aliphatic rings. The highest BCUT2D eigenvalue weighted by Crippen LogP contribution is 2.17. The van der Waals surface area contributed by atoms with Crippen LogP contribution in [0.1, 0.15) is 0 Å². The van der Waals surface area contributed by atoms with Crippen LogP contribution in [0.15, 0.2) is 41.6 Å². The number of aromatic nitrogens is 2. The molecular weight excluding hydrogens is 353 g/mol. The fourth-order valence-electron chi connectivity index (χ4n) is 1.38. The fourth-order valence-corrected chi connectivity index (χ4v) is 3.10. The van der Waals surface area contributed by atoms with Crippen molar-refractivity contribution >= 4 is 38.3 Å². The summed E-state index contributed by atoms with van der Waals surface area (Å²) < 4.78 is 28.8. The lowest BCUT2D eigenvalue weighted by Crippen LogP contribution is -2.16. The molecule has 0 aliphatic heterocycles. The number of benzene rings is 1. The van der Waals surface area contributed by atoms with Crippen LogP contribution in [0.2, 0.25) is 0 Å². The van der Waals surface area contributed by atoms with Crippen LogP contribution in [0, 0.1) is 3.57 Å². The lowest BCUT2D eigenvalue weighted by atomic mass is 10.3. The van der Waals surface area contributed by atoms with Gasteiger partial charge < -0.3 is 0 Å². The van der Waals surface area contributed by atoms with E-state index in [1.165, 1.54) is 16.9 Å². The van der Waals surface area contributed by atoms with Crippen LogP contribution >= 0.6 is 22.6 Å². The molecule has 5 nitrogen and oxygen atoms in total. The van der Waals surface area contributed by atoms with Crippen molar-refractivity contribution in [3.63, 3.8) is 0 Å². The van der Waals surface area contributed by atoms with E-state index < -0.39 is 10.0 Å². The third-order valence-corrected chi connectivity index (χ3v) is 4.25. The van der Waals surface area contributed by atoms with Gasteiger partial charge in [-0.2, -0.15) is 13.5 Å². The Kier molecular flexibility index (Phi) is 3.38. The number of aryl methyl sites for hydroxylation is 1. The minimum Gasteiger partial charge on any atom is -0.278 e. The summed E-state index contributed by atoms with van der Waals surface area (Å²) in [7, 11) is -1.98. The molecule has 1 aromatic heterocycles. The average molecular weight is 363 g/mol. The molecule has 0 unspecified atom stereocenters. The predicted octanol–water partition coefficient (Wildman–Crippen LogP) is 1.83. The molecule has 0 saturated heterocycles. The molecule has 1 aromatic carbocycles. The van der Waals surface area contributed by atoms with E-state index >= 15 is 0 Å². The van der Waals surface area contributed by atoms with Gasteiger partial charge in [-0.1, -0.05) is 6.07 Å². The first-order chi connectivity index (χ1) is 7.99. The normalized spacial score (nSPS) is 11.4. The van der Waals surface area contributed by atoms with Gasteiger partial charge in [-0.3, -0.25) is 9.40 Å². The number of halogens is 1. The first kappa shape index (κ1) is 12.4. The van der Waals surface area contributed by atoms with Gasteiger partial charge in [0, 0.05) is 16.3 Å². The second-order valence-electron chi connectivity index (χ2n) is 3.41. The standard InChI is InChI=1S/C10H10IN3O2S/c1-14-10(5-6-12-14)17(15,16)13-9-4-2-3-8(11)7-9/h2-7,13H,1H3. The van der Waals surface area contributed by atoms with E-state index in [1.807, 2.05) is 6.07 Å². The Labute approximate surface area is 113 Å². The third kappa shape index (κ3) is 2.78. The van der Waals surface area contributed by atoms with Gasteiger partial charge in [0.15, 0.2) is 5.03 Å². The van der Waals surface area contributed by atoms with Crippen molar-refractivity contribution in [2.24, 2.45) is 7.05 Å². The summed E-state index contributed by atoms with van der Waals surface area (Å²) in [6.45, 7) is 0. The van der Waals surface area contributed by atoms with Gasteiger partial charge in [-0.15, -0.1) is 0 Å². The molecule has 0 radical (unpaired) electrons. The van der Waals surface area contributed by atoms with Gasteiger partial charge in [-0.05, 0) is 46.9 Å². The number of sulfonamides is 1. The van der Waals surface area contributed by atoms with E-state index in [0.717, 1.165) is 3.57 Å². The lowest BCUT2D eigenvalue weighted by molar-refractivity contribution is 0.582. The minimum absolute atomic E-state index is 0.136. The summed E-state index contributed by atoms with van der Waals surface area (Å²) in [6, 6.07) is 8.60. The van der Waals surface area contributed by atoms with Crippen molar-refractivity contribution in [1.82, 2.24) is 9.78 Å². The Morgan fingerprint density at radius 3 is 2.71 bits per heavy atom. The first-order valence-electron chi connectivity index (χ1n) is 4.75. The molecule has 1 heterocycles. The summed E-state index contributed by atoms with van der Waals surface area (Å²) in [5.74, 6) is 0. The SMILES string of the molecule is Cn1nccc1S(=O)(=O)Nc1cccc(I)c1. The van der Waals surface area contributed by atoms with Crippen LogP contribution in [-0.2, 0) is 17.1 Å². The summed E-state index contributed by atoms with van der Waals surface area (Å²) in [6.07, 6.45) is 1.45. The molecule has 1 N–H and O–H groups in total. The number of hydrogen-bond donors (Lipinski definition) is 1. The Morgan fingerprint density at radius 2 is 2.12 bits per heavy atom. The van der Waals surface area contributed by atoms with Gasteiger partial charge in [0.1, 0.15) is 0 Å². The lowest BCUT2D eigenvalue weighted by Gasteiger charge is -2.08. The monoisotopic (exact) mass is 363 g/mol. The maximum Gasteiger partial charge on any atom is 0.279 e. The van der Waals surface area contributed by atoms with Crippen molar-refractivity contribution in [3.05, 3.63) is 40.1 Å². The van der Waals surface area contributed by atoms with E-state index in [9.17, 15) is 8.42 Å².